The van der Waals surface area contributed by atoms with Gasteiger partial charge in [0.05, 0.1) is 16.8 Å². The van der Waals surface area contributed by atoms with Crippen molar-refractivity contribution in [3.05, 3.63) is 76.9 Å². The minimum atomic E-state index is -1.07. The van der Waals surface area contributed by atoms with Crippen molar-refractivity contribution in [2.45, 2.75) is 13.5 Å². The summed E-state index contributed by atoms with van der Waals surface area (Å²) in [5, 5.41) is 18.1. The molecule has 1 aromatic heterocycles. The zero-order valence-corrected chi connectivity index (χ0v) is 14.3. The molecular weight excluding hydrogens is 349 g/mol. The Balaban J connectivity index is 1.75. The summed E-state index contributed by atoms with van der Waals surface area (Å²) in [6, 6.07) is 13.1. The highest BCUT2D eigenvalue weighted by molar-refractivity contribution is 5.88. The zero-order valence-electron chi connectivity index (χ0n) is 14.3. The van der Waals surface area contributed by atoms with E-state index in [4.69, 9.17) is 15.1 Å². The zero-order chi connectivity index (χ0) is 19.4. The Kier molecular flexibility index (Phi) is 5.08. The van der Waals surface area contributed by atoms with E-state index in [0.29, 0.717) is 28.4 Å². The molecule has 0 spiro atoms. The quantitative estimate of drug-likeness (QED) is 0.742. The normalized spacial score (nSPS) is 10.3. The van der Waals surface area contributed by atoms with Gasteiger partial charge in [0, 0.05) is 17.3 Å². The minimum Gasteiger partial charge on any atom is -0.489 e. The van der Waals surface area contributed by atoms with Gasteiger partial charge in [0.15, 0.2) is 5.82 Å². The van der Waals surface area contributed by atoms with Crippen LogP contribution in [-0.4, -0.2) is 21.0 Å². The largest absolute Gasteiger partial charge is 0.489 e. The van der Waals surface area contributed by atoms with E-state index in [1.165, 1.54) is 18.3 Å². The number of benzene rings is 2. The molecule has 0 radical (unpaired) electrons. The van der Waals surface area contributed by atoms with Crippen LogP contribution < -0.4 is 4.74 Å². The lowest BCUT2D eigenvalue weighted by Gasteiger charge is -2.09. The molecule has 3 aromatic rings. The van der Waals surface area contributed by atoms with Crippen LogP contribution in [-0.2, 0) is 6.61 Å². The van der Waals surface area contributed by atoms with E-state index in [0.717, 1.165) is 0 Å². The second kappa shape index (κ2) is 7.62. The lowest BCUT2D eigenvalue weighted by molar-refractivity contribution is 0.0695. The summed E-state index contributed by atoms with van der Waals surface area (Å²) in [6.07, 6.45) is 1.28. The maximum absolute atomic E-state index is 13.6. The van der Waals surface area contributed by atoms with Crippen LogP contribution in [0.4, 0.5) is 4.39 Å². The van der Waals surface area contributed by atoms with E-state index < -0.39 is 11.8 Å². The highest BCUT2D eigenvalue weighted by atomic mass is 19.1. The Morgan fingerprint density at radius 3 is 2.63 bits per heavy atom. The van der Waals surface area contributed by atoms with Gasteiger partial charge >= 0.3 is 5.97 Å². The average molecular weight is 363 g/mol. The number of aryl methyl sites for hydroxylation is 1. The first-order chi connectivity index (χ1) is 13.0. The molecule has 0 atom stereocenters. The lowest BCUT2D eigenvalue weighted by atomic mass is 10.1. The van der Waals surface area contributed by atoms with E-state index in [1.807, 2.05) is 6.07 Å². The number of carboxylic acids is 1. The first kappa shape index (κ1) is 18.0. The summed E-state index contributed by atoms with van der Waals surface area (Å²) < 4.78 is 19.2. The number of halogens is 1. The van der Waals surface area contributed by atoms with E-state index in [9.17, 15) is 9.18 Å². The fourth-order valence-electron chi connectivity index (χ4n) is 2.49. The standard InChI is InChI=1S/C20H14FN3O3/c1-12-17(20(25)26)10-23-19(24-12)13-5-7-15(8-6-13)27-11-14-3-2-4-18(21)16(14)9-22/h2-8,10H,11H2,1H3,(H,25,26). The van der Waals surface area contributed by atoms with Crippen LogP contribution in [0.1, 0.15) is 27.2 Å². The molecule has 0 aliphatic heterocycles. The topological polar surface area (TPSA) is 96.1 Å². The van der Waals surface area contributed by atoms with Gasteiger partial charge in [-0.2, -0.15) is 5.26 Å². The number of aromatic nitrogens is 2. The predicted octanol–water partition coefficient (Wildman–Crippen LogP) is 3.74. The van der Waals surface area contributed by atoms with Gasteiger partial charge < -0.3 is 9.84 Å². The molecular formula is C20H14FN3O3. The van der Waals surface area contributed by atoms with Gasteiger partial charge in [0.2, 0.25) is 0 Å². The molecule has 3 rings (SSSR count). The number of carboxylic acid groups (broad SMARTS) is 1. The third kappa shape index (κ3) is 3.90. The maximum Gasteiger partial charge on any atom is 0.339 e. The first-order valence-electron chi connectivity index (χ1n) is 7.97. The summed E-state index contributed by atoms with van der Waals surface area (Å²) in [4.78, 5) is 19.3. The Labute approximate surface area is 154 Å². The summed E-state index contributed by atoms with van der Waals surface area (Å²) in [5.41, 5.74) is 1.57. The van der Waals surface area contributed by atoms with Crippen LogP contribution in [0.2, 0.25) is 0 Å². The highest BCUT2D eigenvalue weighted by Crippen LogP contribution is 2.22. The van der Waals surface area contributed by atoms with Gasteiger partial charge in [-0.15, -0.1) is 0 Å². The minimum absolute atomic E-state index is 0.0310. The van der Waals surface area contributed by atoms with Crippen molar-refractivity contribution in [3.8, 4) is 23.2 Å². The molecule has 0 aliphatic rings. The van der Waals surface area contributed by atoms with E-state index >= 15 is 0 Å². The molecule has 0 amide bonds. The molecule has 0 saturated carbocycles. The van der Waals surface area contributed by atoms with Gasteiger partial charge in [-0.3, -0.25) is 0 Å². The molecule has 1 N–H and O–H groups in total. The second-order valence-corrected chi connectivity index (χ2v) is 5.70. The number of nitriles is 1. The number of aromatic carboxylic acids is 1. The molecule has 0 saturated heterocycles. The van der Waals surface area contributed by atoms with Gasteiger partial charge in [-0.25, -0.2) is 19.2 Å². The molecule has 0 unspecified atom stereocenters. The SMILES string of the molecule is Cc1nc(-c2ccc(OCc3cccc(F)c3C#N)cc2)ncc1C(=O)O. The molecule has 6 nitrogen and oxygen atoms in total. The number of ether oxygens (including phenoxy) is 1. The number of rotatable bonds is 5. The van der Waals surface area contributed by atoms with Crippen molar-refractivity contribution in [2.75, 3.05) is 0 Å². The molecule has 2 aromatic carbocycles. The second-order valence-electron chi connectivity index (χ2n) is 5.70. The van der Waals surface area contributed by atoms with E-state index in [2.05, 4.69) is 9.97 Å². The molecule has 0 bridgehead atoms. The number of hydrogen-bond donors (Lipinski definition) is 1. The fraction of sp³-hybridized carbons (Fsp3) is 0.100. The molecule has 7 heteroatoms. The van der Waals surface area contributed by atoms with Crippen LogP contribution in [0.25, 0.3) is 11.4 Å². The van der Waals surface area contributed by atoms with Gasteiger partial charge in [0.1, 0.15) is 24.2 Å². The van der Waals surface area contributed by atoms with Gasteiger partial charge in [-0.05, 0) is 37.3 Å². The molecule has 0 fully saturated rings. The van der Waals surface area contributed by atoms with Crippen molar-refractivity contribution >= 4 is 5.97 Å². The first-order valence-corrected chi connectivity index (χ1v) is 7.97. The van der Waals surface area contributed by atoms with Crippen LogP contribution in [0, 0.1) is 24.1 Å². The van der Waals surface area contributed by atoms with Crippen LogP contribution in [0.5, 0.6) is 5.75 Å². The molecule has 134 valence electrons. The van der Waals surface area contributed by atoms with Crippen molar-refractivity contribution in [3.63, 3.8) is 0 Å². The third-order valence-electron chi connectivity index (χ3n) is 3.93. The summed E-state index contributed by atoms with van der Waals surface area (Å²) >= 11 is 0. The Morgan fingerprint density at radius 1 is 1.26 bits per heavy atom. The lowest BCUT2D eigenvalue weighted by Crippen LogP contribution is -2.04. The van der Waals surface area contributed by atoms with Crippen molar-refractivity contribution in [1.29, 1.82) is 5.26 Å². The highest BCUT2D eigenvalue weighted by Gasteiger charge is 2.11. The third-order valence-corrected chi connectivity index (χ3v) is 3.93. The fourth-order valence-corrected chi connectivity index (χ4v) is 2.49. The number of nitrogens with zero attached hydrogens (tertiary/aromatic N) is 3. The van der Waals surface area contributed by atoms with Crippen molar-refractivity contribution in [1.82, 2.24) is 9.97 Å². The monoisotopic (exact) mass is 363 g/mol. The van der Waals surface area contributed by atoms with Crippen LogP contribution in [0.3, 0.4) is 0 Å². The summed E-state index contributed by atoms with van der Waals surface area (Å²) in [5.74, 6) is -0.713. The smallest absolute Gasteiger partial charge is 0.339 e. The van der Waals surface area contributed by atoms with Crippen molar-refractivity contribution in [2.24, 2.45) is 0 Å². The van der Waals surface area contributed by atoms with Crippen molar-refractivity contribution < 1.29 is 19.0 Å². The molecule has 27 heavy (non-hydrogen) atoms. The maximum atomic E-state index is 13.6. The summed E-state index contributed by atoms with van der Waals surface area (Å²) in [7, 11) is 0. The average Bonchev–Trinajstić information content (AvgIpc) is 2.66. The predicted molar refractivity (Wildman–Crippen MR) is 94.6 cm³/mol. The van der Waals surface area contributed by atoms with E-state index in [-0.39, 0.29) is 17.7 Å². The molecule has 1 heterocycles. The van der Waals surface area contributed by atoms with Crippen LogP contribution >= 0.6 is 0 Å². The van der Waals surface area contributed by atoms with Crippen LogP contribution in [0.15, 0.2) is 48.7 Å². The molecule has 0 aliphatic carbocycles. The van der Waals surface area contributed by atoms with E-state index in [1.54, 1.807) is 37.3 Å². The van der Waals surface area contributed by atoms with Gasteiger partial charge in [-0.1, -0.05) is 12.1 Å². The van der Waals surface area contributed by atoms with Gasteiger partial charge in [0.25, 0.3) is 0 Å². The Hall–Kier alpha value is -3.79. The Bertz CT molecular complexity index is 1040. The Morgan fingerprint density at radius 2 is 2.00 bits per heavy atom. The number of hydrogen-bond acceptors (Lipinski definition) is 5. The number of carbonyl (C=O) groups is 1. The summed E-state index contributed by atoms with van der Waals surface area (Å²) in [6.45, 7) is 1.67.